The van der Waals surface area contributed by atoms with Crippen molar-refractivity contribution in [2.45, 2.75) is 38.0 Å². The number of hydrogen-bond acceptors (Lipinski definition) is 5. The van der Waals surface area contributed by atoms with Gasteiger partial charge in [0.05, 0.1) is 11.1 Å². The fourth-order valence-corrected chi connectivity index (χ4v) is 4.74. The van der Waals surface area contributed by atoms with Crippen LogP contribution in [0, 0.1) is 0 Å². The summed E-state index contributed by atoms with van der Waals surface area (Å²) in [6.07, 6.45) is -2.57. The van der Waals surface area contributed by atoms with Gasteiger partial charge in [-0.25, -0.2) is 4.98 Å². The summed E-state index contributed by atoms with van der Waals surface area (Å²) >= 11 is 0. The van der Waals surface area contributed by atoms with Crippen molar-refractivity contribution < 1.29 is 30.7 Å². The number of amides is 2. The van der Waals surface area contributed by atoms with Crippen molar-refractivity contribution in [2.75, 3.05) is 5.32 Å². The van der Waals surface area contributed by atoms with Gasteiger partial charge >= 0.3 is 6.29 Å². The molecule has 1 aliphatic heterocycles. The summed E-state index contributed by atoms with van der Waals surface area (Å²) in [5, 5.41) is 7.57. The number of carbonyl (C=O) groups is 2. The number of fused-ring (bicyclic) bond motifs is 2. The maximum Gasteiger partial charge on any atom is 0.586 e. The summed E-state index contributed by atoms with van der Waals surface area (Å²) in [5.74, 6) is -0.108. The number of rotatable bonds is 6. The number of carbonyl (C=O) groups excluding carboxylic acids is 2. The van der Waals surface area contributed by atoms with Crippen LogP contribution in [0.4, 0.5) is 14.6 Å². The summed E-state index contributed by atoms with van der Waals surface area (Å²) in [5.41, 5.74) is 2.26. The Kier molecular flexibility index (Phi) is 5.52. The Balaban J connectivity index is 0.00000185. The minimum absolute atomic E-state index is 0. The lowest BCUT2D eigenvalue weighted by atomic mass is 9.94. The van der Waals surface area contributed by atoms with Crippen molar-refractivity contribution >= 4 is 28.4 Å². The molecular weight excluding hydrogens is 492 g/mol. The van der Waals surface area contributed by atoms with Crippen molar-refractivity contribution in [3.63, 3.8) is 0 Å². The minimum Gasteiger partial charge on any atom is -0.395 e. The van der Waals surface area contributed by atoms with E-state index in [4.69, 9.17) is 4.98 Å². The second-order valence-electron chi connectivity index (χ2n) is 9.55. The van der Waals surface area contributed by atoms with Gasteiger partial charge in [0.2, 0.25) is 11.8 Å². The van der Waals surface area contributed by atoms with E-state index in [-0.39, 0.29) is 26.2 Å². The lowest BCUT2D eigenvalue weighted by molar-refractivity contribution is -0.286. The van der Waals surface area contributed by atoms with E-state index in [2.05, 4.69) is 20.1 Å². The van der Waals surface area contributed by atoms with Crippen molar-refractivity contribution in [3.05, 3.63) is 83.9 Å². The molecule has 0 saturated heterocycles. The van der Waals surface area contributed by atoms with Gasteiger partial charge in [0.1, 0.15) is 5.82 Å². The molecule has 38 heavy (non-hydrogen) atoms. The van der Waals surface area contributed by atoms with Gasteiger partial charge in [-0.1, -0.05) is 54.6 Å². The molecular formula is C29H27F2N3O4. The molecule has 3 aromatic carbocycles. The molecule has 7 nitrogen and oxygen atoms in total. The van der Waals surface area contributed by atoms with Crippen LogP contribution in [0.3, 0.4) is 0 Å². The van der Waals surface area contributed by atoms with Crippen LogP contribution in [0.15, 0.2) is 72.8 Å². The van der Waals surface area contributed by atoms with E-state index in [0.717, 1.165) is 21.9 Å². The lowest BCUT2D eigenvalue weighted by Crippen LogP contribution is -2.28. The van der Waals surface area contributed by atoms with Gasteiger partial charge < -0.3 is 20.1 Å². The molecule has 1 fully saturated rings. The Morgan fingerprint density at radius 3 is 2.45 bits per heavy atom. The van der Waals surface area contributed by atoms with Gasteiger partial charge in [0.15, 0.2) is 11.5 Å². The summed E-state index contributed by atoms with van der Waals surface area (Å²) in [4.78, 5) is 29.5. The molecule has 1 aromatic heterocycles. The first-order valence-corrected chi connectivity index (χ1v) is 12.2. The number of benzene rings is 3. The molecule has 2 aliphatic rings. The quantitative estimate of drug-likeness (QED) is 0.325. The first-order chi connectivity index (χ1) is 18.2. The van der Waals surface area contributed by atoms with Gasteiger partial charge in [-0.2, -0.15) is 0 Å². The van der Waals surface area contributed by atoms with E-state index in [0.29, 0.717) is 36.5 Å². The van der Waals surface area contributed by atoms with Crippen LogP contribution in [0.2, 0.25) is 0 Å². The molecule has 0 radical (unpaired) electrons. The van der Waals surface area contributed by atoms with Crippen LogP contribution in [-0.2, 0) is 21.5 Å². The van der Waals surface area contributed by atoms with Gasteiger partial charge in [0, 0.05) is 27.3 Å². The number of nitrogens with zero attached hydrogens (tertiary/aromatic N) is 1. The summed E-state index contributed by atoms with van der Waals surface area (Å²) in [7, 11) is 0. The average Bonchev–Trinajstić information content (AvgIpc) is 3.64. The second-order valence-corrected chi connectivity index (χ2v) is 9.55. The maximum atomic E-state index is 13.5. The number of hydrogen-bond donors (Lipinski definition) is 2. The third kappa shape index (κ3) is 4.40. The number of nitrogens with one attached hydrogen (secondary N) is 2. The SMILES string of the molecule is CC(=O)NCc1ccc(-c2nc(NC(=O)C3(c4ccc5c(c4)OC(F)(F)O5)CC3)cc3ccccc23)cc1.[HH].[HH]. The number of ether oxygens (including phenoxy) is 2. The van der Waals surface area contributed by atoms with Gasteiger partial charge in [-0.05, 0) is 47.6 Å². The number of alkyl halides is 2. The van der Waals surface area contributed by atoms with Gasteiger partial charge in [-0.15, -0.1) is 8.78 Å². The van der Waals surface area contributed by atoms with Crippen LogP contribution in [0.25, 0.3) is 22.0 Å². The highest BCUT2D eigenvalue weighted by molar-refractivity contribution is 6.03. The topological polar surface area (TPSA) is 89.6 Å². The molecule has 2 amide bonds. The molecule has 0 bridgehead atoms. The fourth-order valence-electron chi connectivity index (χ4n) is 4.74. The van der Waals surface area contributed by atoms with Gasteiger partial charge in [-0.3, -0.25) is 9.59 Å². The number of pyridine rings is 1. The third-order valence-electron chi connectivity index (χ3n) is 6.89. The monoisotopic (exact) mass is 519 g/mol. The van der Waals surface area contributed by atoms with Crippen LogP contribution in [0.5, 0.6) is 11.5 Å². The standard InChI is InChI=1S/C29H23F2N3O4.2H2/c1-17(35)32-16-18-6-8-19(9-7-18)26-22-5-3-2-4-20(22)14-25(33-26)34-27(36)28(12-13-28)21-10-11-23-24(15-21)38-29(30,31)37-23;;/h2-11,14-15H,12-13,16H2,1H3,(H,32,35)(H,33,34,36);2*1H. The molecule has 6 rings (SSSR count). The van der Waals surface area contributed by atoms with E-state index < -0.39 is 11.7 Å². The Morgan fingerprint density at radius 1 is 0.974 bits per heavy atom. The Morgan fingerprint density at radius 2 is 1.71 bits per heavy atom. The van der Waals surface area contributed by atoms with Gasteiger partial charge in [0.25, 0.3) is 0 Å². The zero-order chi connectivity index (χ0) is 26.5. The van der Waals surface area contributed by atoms with E-state index in [1.54, 1.807) is 6.07 Å². The van der Waals surface area contributed by atoms with E-state index >= 15 is 0 Å². The summed E-state index contributed by atoms with van der Waals surface area (Å²) in [6, 6.07) is 21.8. The zero-order valence-electron chi connectivity index (χ0n) is 20.4. The highest BCUT2D eigenvalue weighted by atomic mass is 19.3. The average molecular weight is 520 g/mol. The molecule has 9 heteroatoms. The number of halogens is 2. The smallest absolute Gasteiger partial charge is 0.395 e. The molecule has 0 unspecified atom stereocenters. The highest BCUT2D eigenvalue weighted by Gasteiger charge is 2.53. The third-order valence-corrected chi connectivity index (χ3v) is 6.89. The molecule has 2 heterocycles. The molecule has 1 saturated carbocycles. The predicted molar refractivity (Wildman–Crippen MR) is 141 cm³/mol. The molecule has 0 spiro atoms. The largest absolute Gasteiger partial charge is 0.586 e. The van der Waals surface area contributed by atoms with Crippen LogP contribution in [-0.4, -0.2) is 23.1 Å². The van der Waals surface area contributed by atoms with Crippen molar-refractivity contribution in [1.82, 2.24) is 10.3 Å². The number of anilines is 1. The first kappa shape index (κ1) is 23.8. The van der Waals surface area contributed by atoms with Crippen LogP contribution in [0.1, 0.15) is 33.7 Å². The Labute approximate surface area is 219 Å². The van der Waals surface area contributed by atoms with E-state index in [1.165, 1.54) is 19.1 Å². The highest BCUT2D eigenvalue weighted by Crippen LogP contribution is 2.52. The summed E-state index contributed by atoms with van der Waals surface area (Å²) < 4.78 is 36.0. The van der Waals surface area contributed by atoms with Crippen molar-refractivity contribution in [2.24, 2.45) is 0 Å². The van der Waals surface area contributed by atoms with Crippen molar-refractivity contribution in [3.8, 4) is 22.8 Å². The molecule has 196 valence electrons. The van der Waals surface area contributed by atoms with E-state index in [1.807, 2.05) is 54.6 Å². The Hall–Kier alpha value is -4.53. The maximum absolute atomic E-state index is 13.5. The molecule has 1 aliphatic carbocycles. The predicted octanol–water partition coefficient (Wildman–Crippen LogP) is 6.02. The second kappa shape index (κ2) is 8.79. The number of aromatic nitrogens is 1. The lowest BCUT2D eigenvalue weighted by Gasteiger charge is -2.17. The normalized spacial score (nSPS) is 16.2. The molecule has 0 atom stereocenters. The fraction of sp³-hybridized carbons (Fsp3) is 0.207. The van der Waals surface area contributed by atoms with E-state index in [9.17, 15) is 18.4 Å². The van der Waals surface area contributed by atoms with Crippen LogP contribution >= 0.6 is 0 Å². The molecule has 4 aromatic rings. The zero-order valence-corrected chi connectivity index (χ0v) is 20.4. The van der Waals surface area contributed by atoms with Crippen LogP contribution < -0.4 is 20.1 Å². The minimum atomic E-state index is -3.71. The Bertz CT molecular complexity index is 1590. The summed E-state index contributed by atoms with van der Waals surface area (Å²) in [6.45, 7) is 1.90. The first-order valence-electron chi connectivity index (χ1n) is 12.2. The molecule has 2 N–H and O–H groups in total. The van der Waals surface area contributed by atoms with Crippen molar-refractivity contribution in [1.29, 1.82) is 0 Å².